The van der Waals surface area contributed by atoms with Crippen LogP contribution in [0.5, 0.6) is 23.0 Å². The van der Waals surface area contributed by atoms with Gasteiger partial charge in [-0.05, 0) is 47.4 Å². The first kappa shape index (κ1) is 22.9. The van der Waals surface area contributed by atoms with Gasteiger partial charge in [0.15, 0.2) is 23.0 Å². The second-order valence-corrected chi connectivity index (χ2v) is 9.49. The van der Waals surface area contributed by atoms with E-state index < -0.39 is 16.1 Å². The predicted molar refractivity (Wildman–Crippen MR) is 125 cm³/mol. The number of rotatable bonds is 7. The third-order valence-corrected chi connectivity index (χ3v) is 7.77. The Morgan fingerprint density at radius 2 is 1.36 bits per heavy atom. The number of nitrogens with zero attached hydrogens (tertiary/aromatic N) is 1. The first-order valence-electron chi connectivity index (χ1n) is 10.5. The number of benzene rings is 3. The zero-order chi connectivity index (χ0) is 23.6. The number of ether oxygens (including phenoxy) is 4. The summed E-state index contributed by atoms with van der Waals surface area (Å²) in [6.07, 6.45) is 0.547. The Bertz CT molecular complexity index is 1240. The summed E-state index contributed by atoms with van der Waals surface area (Å²) in [5.41, 5.74) is 2.77. The van der Waals surface area contributed by atoms with Gasteiger partial charge in [-0.2, -0.15) is 4.31 Å². The second kappa shape index (κ2) is 9.33. The van der Waals surface area contributed by atoms with Gasteiger partial charge in [0.1, 0.15) is 0 Å². The minimum Gasteiger partial charge on any atom is -0.493 e. The molecule has 0 aliphatic carbocycles. The fourth-order valence-electron chi connectivity index (χ4n) is 4.28. The molecule has 0 amide bonds. The van der Waals surface area contributed by atoms with Crippen LogP contribution in [0.2, 0.25) is 0 Å². The highest BCUT2D eigenvalue weighted by atomic mass is 32.2. The van der Waals surface area contributed by atoms with Crippen LogP contribution in [0, 0.1) is 0 Å². The number of sulfonamides is 1. The standard InChI is InChI=1S/C25H27NO6S/c1-29-21-11-10-19(15-23(21)31-3)33(27,28)26-13-12-18-14-22(30-2)24(32-4)16-20(18)25(26)17-8-6-5-7-9-17/h5-11,14-16,25H,12-13H2,1-4H3. The molecule has 33 heavy (non-hydrogen) atoms. The molecule has 1 aliphatic heterocycles. The van der Waals surface area contributed by atoms with Gasteiger partial charge in [-0.1, -0.05) is 30.3 Å². The Morgan fingerprint density at radius 1 is 0.758 bits per heavy atom. The maximum Gasteiger partial charge on any atom is 0.244 e. The number of fused-ring (bicyclic) bond motifs is 1. The topological polar surface area (TPSA) is 74.3 Å². The van der Waals surface area contributed by atoms with Gasteiger partial charge in [0.2, 0.25) is 10.0 Å². The zero-order valence-corrected chi connectivity index (χ0v) is 19.9. The molecule has 0 radical (unpaired) electrons. The molecular weight excluding hydrogens is 442 g/mol. The molecular formula is C25H27NO6S. The van der Waals surface area contributed by atoms with Crippen molar-refractivity contribution in [2.75, 3.05) is 35.0 Å². The molecule has 0 saturated heterocycles. The Kier molecular flexibility index (Phi) is 6.49. The Balaban J connectivity index is 1.88. The molecule has 1 aliphatic rings. The SMILES string of the molecule is COc1ccc(S(=O)(=O)N2CCc3cc(OC)c(OC)cc3C2c2ccccc2)cc1OC. The molecule has 0 N–H and O–H groups in total. The van der Waals surface area contributed by atoms with Crippen molar-refractivity contribution in [1.29, 1.82) is 0 Å². The minimum absolute atomic E-state index is 0.144. The lowest BCUT2D eigenvalue weighted by Gasteiger charge is -2.37. The first-order chi connectivity index (χ1) is 15.9. The van der Waals surface area contributed by atoms with E-state index in [0.29, 0.717) is 36.0 Å². The number of hydrogen-bond acceptors (Lipinski definition) is 6. The highest BCUT2D eigenvalue weighted by molar-refractivity contribution is 7.89. The van der Waals surface area contributed by atoms with E-state index in [9.17, 15) is 8.42 Å². The third-order valence-electron chi connectivity index (χ3n) is 5.91. The molecule has 1 unspecified atom stereocenters. The smallest absolute Gasteiger partial charge is 0.244 e. The highest BCUT2D eigenvalue weighted by Crippen LogP contribution is 2.43. The van der Waals surface area contributed by atoms with Crippen molar-refractivity contribution in [1.82, 2.24) is 4.31 Å². The molecule has 3 aromatic carbocycles. The molecule has 0 spiro atoms. The van der Waals surface area contributed by atoms with E-state index in [1.165, 1.54) is 24.6 Å². The van der Waals surface area contributed by atoms with Crippen molar-refractivity contribution in [3.05, 3.63) is 77.4 Å². The van der Waals surface area contributed by atoms with E-state index in [-0.39, 0.29) is 4.90 Å². The Morgan fingerprint density at radius 3 is 2.00 bits per heavy atom. The van der Waals surface area contributed by atoms with E-state index in [1.54, 1.807) is 26.4 Å². The summed E-state index contributed by atoms with van der Waals surface area (Å²) < 4.78 is 51.0. The van der Waals surface area contributed by atoms with Crippen LogP contribution in [0.1, 0.15) is 22.7 Å². The summed E-state index contributed by atoms with van der Waals surface area (Å²) in [5.74, 6) is 2.01. The number of methoxy groups -OCH3 is 4. The summed E-state index contributed by atoms with van der Waals surface area (Å²) in [6.45, 7) is 0.318. The van der Waals surface area contributed by atoms with E-state index in [2.05, 4.69) is 0 Å². The van der Waals surface area contributed by atoms with E-state index >= 15 is 0 Å². The second-order valence-electron chi connectivity index (χ2n) is 7.60. The van der Waals surface area contributed by atoms with Crippen LogP contribution in [0.4, 0.5) is 0 Å². The van der Waals surface area contributed by atoms with Gasteiger partial charge >= 0.3 is 0 Å². The fraction of sp³-hybridized carbons (Fsp3) is 0.280. The molecule has 1 heterocycles. The highest BCUT2D eigenvalue weighted by Gasteiger charge is 2.38. The zero-order valence-electron chi connectivity index (χ0n) is 19.1. The first-order valence-corrected chi connectivity index (χ1v) is 11.9. The third kappa shape index (κ3) is 4.12. The minimum atomic E-state index is -3.87. The van der Waals surface area contributed by atoms with E-state index in [0.717, 1.165) is 16.7 Å². The summed E-state index contributed by atoms with van der Waals surface area (Å²) in [4.78, 5) is 0.144. The van der Waals surface area contributed by atoms with E-state index in [4.69, 9.17) is 18.9 Å². The van der Waals surface area contributed by atoms with Crippen molar-refractivity contribution in [2.45, 2.75) is 17.4 Å². The van der Waals surface area contributed by atoms with Crippen molar-refractivity contribution in [3.63, 3.8) is 0 Å². The average molecular weight is 470 g/mol. The predicted octanol–water partition coefficient (Wildman–Crippen LogP) is 4.06. The van der Waals surface area contributed by atoms with Crippen LogP contribution < -0.4 is 18.9 Å². The molecule has 7 nitrogen and oxygen atoms in total. The van der Waals surface area contributed by atoms with Crippen LogP contribution in [-0.2, 0) is 16.4 Å². The van der Waals surface area contributed by atoms with Gasteiger partial charge in [-0.25, -0.2) is 8.42 Å². The van der Waals surface area contributed by atoms with Gasteiger partial charge in [-0.3, -0.25) is 0 Å². The van der Waals surface area contributed by atoms with Crippen LogP contribution >= 0.6 is 0 Å². The van der Waals surface area contributed by atoms with E-state index in [1.807, 2.05) is 42.5 Å². The maximum atomic E-state index is 13.9. The average Bonchev–Trinajstić information content (AvgIpc) is 2.86. The molecule has 4 rings (SSSR count). The summed E-state index contributed by atoms with van der Waals surface area (Å²) in [7, 11) is 2.29. The molecule has 3 aromatic rings. The molecule has 0 bridgehead atoms. The van der Waals surface area contributed by atoms with Gasteiger partial charge in [-0.15, -0.1) is 0 Å². The van der Waals surface area contributed by atoms with Gasteiger partial charge in [0.25, 0.3) is 0 Å². The van der Waals surface area contributed by atoms with Crippen molar-refractivity contribution >= 4 is 10.0 Å². The van der Waals surface area contributed by atoms with Crippen LogP contribution in [0.15, 0.2) is 65.6 Å². The van der Waals surface area contributed by atoms with Crippen LogP contribution in [0.25, 0.3) is 0 Å². The van der Waals surface area contributed by atoms with Crippen molar-refractivity contribution in [3.8, 4) is 23.0 Å². The molecule has 0 saturated carbocycles. The lowest BCUT2D eigenvalue weighted by Crippen LogP contribution is -2.40. The maximum absolute atomic E-state index is 13.9. The number of hydrogen-bond donors (Lipinski definition) is 0. The molecule has 8 heteroatoms. The fourth-order valence-corrected chi connectivity index (χ4v) is 5.89. The summed E-state index contributed by atoms with van der Waals surface area (Å²) >= 11 is 0. The Hall–Kier alpha value is -3.23. The lowest BCUT2D eigenvalue weighted by molar-refractivity contribution is 0.331. The largest absolute Gasteiger partial charge is 0.493 e. The van der Waals surface area contributed by atoms with Gasteiger partial charge in [0, 0.05) is 12.6 Å². The van der Waals surface area contributed by atoms with Gasteiger partial charge < -0.3 is 18.9 Å². The van der Waals surface area contributed by atoms with Gasteiger partial charge in [0.05, 0.1) is 39.4 Å². The van der Waals surface area contributed by atoms with Crippen molar-refractivity contribution in [2.24, 2.45) is 0 Å². The van der Waals surface area contributed by atoms with Crippen LogP contribution in [0.3, 0.4) is 0 Å². The summed E-state index contributed by atoms with van der Waals surface area (Å²) in [6, 6.07) is 17.5. The molecule has 1 atom stereocenters. The normalized spacial score (nSPS) is 16.1. The monoisotopic (exact) mass is 469 g/mol. The van der Waals surface area contributed by atoms with Crippen molar-refractivity contribution < 1.29 is 27.4 Å². The molecule has 0 fully saturated rings. The summed E-state index contributed by atoms with van der Waals surface area (Å²) in [5, 5.41) is 0. The van der Waals surface area contributed by atoms with Crippen LogP contribution in [-0.4, -0.2) is 47.7 Å². The molecule has 0 aromatic heterocycles. The quantitative estimate of drug-likeness (QED) is 0.520. The molecule has 174 valence electrons. The Labute approximate surface area is 194 Å². The lowest BCUT2D eigenvalue weighted by atomic mass is 9.89.